The topological polar surface area (TPSA) is 70.9 Å². The molecule has 1 fully saturated rings. The average Bonchev–Trinajstić information content (AvgIpc) is 3.36. The predicted molar refractivity (Wildman–Crippen MR) is 87.7 cm³/mol. The third kappa shape index (κ3) is 3.51. The second-order valence-corrected chi connectivity index (χ2v) is 5.52. The van der Waals surface area contributed by atoms with Crippen molar-refractivity contribution in [2.45, 2.75) is 12.3 Å². The zero-order valence-corrected chi connectivity index (χ0v) is 12.8. The highest BCUT2D eigenvalue weighted by atomic mass is 16.5. The van der Waals surface area contributed by atoms with E-state index in [4.69, 9.17) is 4.74 Å². The lowest BCUT2D eigenvalue weighted by molar-refractivity contribution is -0.122. The maximum absolute atomic E-state index is 12.1. The minimum atomic E-state index is -0.0761. The molecule has 0 aliphatic heterocycles. The fourth-order valence-electron chi connectivity index (χ4n) is 2.59. The van der Waals surface area contributed by atoms with Crippen LogP contribution in [0.4, 0.5) is 0 Å². The van der Waals surface area contributed by atoms with E-state index < -0.39 is 0 Å². The Kier molecular flexibility index (Phi) is 4.28. The first-order valence-electron chi connectivity index (χ1n) is 7.44. The number of ether oxygens (including phenoxy) is 1. The molecule has 3 rings (SSSR count). The number of benzene rings is 2. The number of hydrogen-bond donors (Lipinski definition) is 2. The van der Waals surface area contributed by atoms with Crippen molar-refractivity contribution in [3.8, 4) is 11.5 Å². The number of nitrogens with zero attached hydrogens (tertiary/aromatic N) is 1. The fourth-order valence-corrected chi connectivity index (χ4v) is 2.59. The highest BCUT2D eigenvalue weighted by Crippen LogP contribution is 2.47. The summed E-state index contributed by atoms with van der Waals surface area (Å²) in [7, 11) is 1.49. The quantitative estimate of drug-likeness (QED) is 0.659. The second-order valence-electron chi connectivity index (χ2n) is 5.52. The van der Waals surface area contributed by atoms with Crippen molar-refractivity contribution in [3.05, 3.63) is 59.7 Å². The number of phenolic OH excluding ortho intramolecular Hbond substituents is 1. The number of hydrogen-bond acceptors (Lipinski definition) is 4. The number of methoxy groups -OCH3 is 1. The zero-order chi connectivity index (χ0) is 16.2. The van der Waals surface area contributed by atoms with E-state index in [1.165, 1.54) is 25.0 Å². The smallest absolute Gasteiger partial charge is 0.243 e. The molecule has 5 heteroatoms. The van der Waals surface area contributed by atoms with E-state index in [1.807, 2.05) is 30.3 Å². The van der Waals surface area contributed by atoms with Crippen LogP contribution in [0.25, 0.3) is 0 Å². The number of aromatic hydroxyl groups is 1. The van der Waals surface area contributed by atoms with Gasteiger partial charge in [-0.15, -0.1) is 0 Å². The van der Waals surface area contributed by atoms with Crippen LogP contribution >= 0.6 is 0 Å². The van der Waals surface area contributed by atoms with Crippen LogP contribution in [0.2, 0.25) is 0 Å². The molecule has 1 aliphatic carbocycles. The lowest BCUT2D eigenvalue weighted by Gasteiger charge is -2.03. The Morgan fingerprint density at radius 3 is 2.78 bits per heavy atom. The molecule has 0 bridgehead atoms. The lowest BCUT2D eigenvalue weighted by Crippen LogP contribution is -2.20. The Morgan fingerprint density at radius 2 is 2.09 bits per heavy atom. The van der Waals surface area contributed by atoms with Gasteiger partial charge in [0.25, 0.3) is 0 Å². The van der Waals surface area contributed by atoms with Crippen molar-refractivity contribution in [3.63, 3.8) is 0 Å². The van der Waals surface area contributed by atoms with Crippen LogP contribution in [0.3, 0.4) is 0 Å². The van der Waals surface area contributed by atoms with Crippen LogP contribution in [0, 0.1) is 5.92 Å². The van der Waals surface area contributed by atoms with Gasteiger partial charge in [-0.1, -0.05) is 30.3 Å². The molecule has 0 heterocycles. The van der Waals surface area contributed by atoms with E-state index in [2.05, 4.69) is 10.5 Å². The summed E-state index contributed by atoms with van der Waals surface area (Å²) >= 11 is 0. The highest BCUT2D eigenvalue weighted by Gasteiger charge is 2.43. The number of rotatable bonds is 5. The van der Waals surface area contributed by atoms with Crippen molar-refractivity contribution in [1.82, 2.24) is 5.43 Å². The summed E-state index contributed by atoms with van der Waals surface area (Å²) in [5, 5.41) is 13.6. The van der Waals surface area contributed by atoms with E-state index in [1.54, 1.807) is 12.1 Å². The number of hydrazone groups is 1. The molecular weight excluding hydrogens is 292 g/mol. The third-order valence-electron chi connectivity index (χ3n) is 3.95. The molecule has 1 aliphatic rings. The van der Waals surface area contributed by atoms with Gasteiger partial charge in [0.2, 0.25) is 5.91 Å². The van der Waals surface area contributed by atoms with Crippen LogP contribution in [0.15, 0.2) is 53.6 Å². The molecule has 1 amide bonds. The Bertz CT molecular complexity index is 728. The molecule has 2 aromatic carbocycles. The van der Waals surface area contributed by atoms with Gasteiger partial charge in [-0.05, 0) is 41.7 Å². The van der Waals surface area contributed by atoms with Gasteiger partial charge in [-0.25, -0.2) is 5.43 Å². The van der Waals surface area contributed by atoms with Gasteiger partial charge in [-0.2, -0.15) is 5.10 Å². The summed E-state index contributed by atoms with van der Waals surface area (Å²) in [4.78, 5) is 12.1. The summed E-state index contributed by atoms with van der Waals surface area (Å²) in [6, 6.07) is 14.9. The summed E-state index contributed by atoms with van der Waals surface area (Å²) in [6.45, 7) is 0. The van der Waals surface area contributed by atoms with Gasteiger partial charge in [0.05, 0.1) is 13.3 Å². The summed E-state index contributed by atoms with van der Waals surface area (Å²) in [5.41, 5.74) is 4.43. The monoisotopic (exact) mass is 310 g/mol. The second kappa shape index (κ2) is 6.52. The van der Waals surface area contributed by atoms with Gasteiger partial charge in [-0.3, -0.25) is 4.79 Å². The number of carbonyl (C=O) groups is 1. The van der Waals surface area contributed by atoms with Crippen molar-refractivity contribution < 1.29 is 14.6 Å². The van der Waals surface area contributed by atoms with Crippen molar-refractivity contribution in [2.24, 2.45) is 11.0 Å². The molecule has 5 nitrogen and oxygen atoms in total. The molecule has 1 saturated carbocycles. The molecule has 0 unspecified atom stereocenters. The Labute approximate surface area is 134 Å². The predicted octanol–water partition coefficient (Wildman–Crippen LogP) is 2.65. The van der Waals surface area contributed by atoms with Gasteiger partial charge < -0.3 is 9.84 Å². The van der Waals surface area contributed by atoms with Gasteiger partial charge in [0.15, 0.2) is 11.5 Å². The average molecular weight is 310 g/mol. The minimum Gasteiger partial charge on any atom is -0.504 e. The molecule has 0 aromatic heterocycles. The molecule has 0 saturated heterocycles. The molecule has 0 spiro atoms. The summed E-state index contributed by atoms with van der Waals surface area (Å²) in [6.07, 6.45) is 2.35. The van der Waals surface area contributed by atoms with Crippen LogP contribution in [-0.2, 0) is 4.79 Å². The molecule has 2 N–H and O–H groups in total. The first kappa shape index (κ1) is 15.1. The molecular formula is C18H18N2O3. The zero-order valence-electron chi connectivity index (χ0n) is 12.8. The first-order valence-corrected chi connectivity index (χ1v) is 7.44. The normalized spacial score (nSPS) is 19.5. The van der Waals surface area contributed by atoms with E-state index in [0.717, 1.165) is 6.42 Å². The van der Waals surface area contributed by atoms with Crippen molar-refractivity contribution >= 4 is 12.1 Å². The minimum absolute atomic E-state index is 0.0150. The number of nitrogens with one attached hydrogen (secondary N) is 1. The molecule has 2 aromatic rings. The largest absolute Gasteiger partial charge is 0.504 e. The van der Waals surface area contributed by atoms with Gasteiger partial charge in [0.1, 0.15) is 0 Å². The Morgan fingerprint density at radius 1 is 1.30 bits per heavy atom. The van der Waals surface area contributed by atoms with E-state index >= 15 is 0 Å². The maximum Gasteiger partial charge on any atom is 0.243 e. The molecule has 0 radical (unpaired) electrons. The van der Waals surface area contributed by atoms with Crippen LogP contribution in [0.5, 0.6) is 11.5 Å². The van der Waals surface area contributed by atoms with Crippen molar-refractivity contribution in [1.29, 1.82) is 0 Å². The molecule has 23 heavy (non-hydrogen) atoms. The summed E-state index contributed by atoms with van der Waals surface area (Å²) in [5.74, 6) is 0.632. The number of phenols is 1. The number of carbonyl (C=O) groups excluding carboxylic acids is 1. The lowest BCUT2D eigenvalue weighted by atomic mass is 10.1. The summed E-state index contributed by atoms with van der Waals surface area (Å²) < 4.78 is 4.97. The van der Waals surface area contributed by atoms with Crippen molar-refractivity contribution in [2.75, 3.05) is 7.11 Å². The van der Waals surface area contributed by atoms with Crippen LogP contribution in [0.1, 0.15) is 23.5 Å². The highest BCUT2D eigenvalue weighted by molar-refractivity contribution is 5.86. The molecule has 2 atom stereocenters. The fraction of sp³-hybridized carbons (Fsp3) is 0.222. The number of amides is 1. The van der Waals surface area contributed by atoms with Crippen LogP contribution < -0.4 is 10.2 Å². The van der Waals surface area contributed by atoms with E-state index in [0.29, 0.717) is 11.3 Å². The SMILES string of the molecule is COc1ccc(/C=N\NC(=O)[C@@H]2C[C@@H]2c2ccccc2)cc1O. The first-order chi connectivity index (χ1) is 11.2. The molecule has 118 valence electrons. The van der Waals surface area contributed by atoms with Crippen LogP contribution in [-0.4, -0.2) is 24.3 Å². The standard InChI is InChI=1S/C18H18N2O3/c1-23-17-8-7-12(9-16(17)21)11-19-20-18(22)15-10-14(15)13-5-3-2-4-6-13/h2-9,11,14-15,21H,10H2,1H3,(H,20,22)/b19-11-/t14-,15-/m1/s1. The maximum atomic E-state index is 12.1. The van der Waals surface area contributed by atoms with E-state index in [9.17, 15) is 9.90 Å². The third-order valence-corrected chi connectivity index (χ3v) is 3.95. The van der Waals surface area contributed by atoms with E-state index in [-0.39, 0.29) is 23.5 Å². The Hall–Kier alpha value is -2.82. The van der Waals surface area contributed by atoms with Gasteiger partial charge in [0, 0.05) is 5.92 Å². The van der Waals surface area contributed by atoms with Gasteiger partial charge >= 0.3 is 0 Å². The Balaban J connectivity index is 1.55.